The zero-order valence-electron chi connectivity index (χ0n) is 10.6. The summed E-state index contributed by atoms with van der Waals surface area (Å²) in [6, 6.07) is 4.65. The van der Waals surface area contributed by atoms with Crippen LogP contribution in [0.25, 0.3) is 0 Å². The van der Waals surface area contributed by atoms with Crippen LogP contribution in [0.4, 0.5) is 0 Å². The summed E-state index contributed by atoms with van der Waals surface area (Å²) in [6.45, 7) is 5.41. The number of amides is 1. The molecule has 0 aliphatic heterocycles. The van der Waals surface area contributed by atoms with Gasteiger partial charge in [0.1, 0.15) is 5.75 Å². The average molecular weight is 361 g/mol. The van der Waals surface area contributed by atoms with Gasteiger partial charge in [0.25, 0.3) is 5.91 Å². The number of ketones is 1. The highest BCUT2D eigenvalue weighted by atomic mass is 127. The van der Waals surface area contributed by atoms with Crippen LogP contribution in [0.2, 0.25) is 0 Å². The number of benzene rings is 1. The second-order valence-electron chi connectivity index (χ2n) is 5.02. The Hall–Kier alpha value is -1.11. The zero-order chi connectivity index (χ0) is 13.9. The van der Waals surface area contributed by atoms with Gasteiger partial charge in [-0.15, -0.1) is 0 Å². The van der Waals surface area contributed by atoms with Crippen molar-refractivity contribution < 1.29 is 14.7 Å². The zero-order valence-corrected chi connectivity index (χ0v) is 12.7. The Bertz CT molecular complexity index is 478. The summed E-state index contributed by atoms with van der Waals surface area (Å²) in [4.78, 5) is 23.4. The standard InChI is InChI=1S/C13H16INO3/c1-13(2,3)11(17)7-15-12(18)8-4-5-9(14)10(16)6-8/h4-6,16H,7H2,1-3H3,(H,15,18). The number of Topliss-reactive ketones (excluding diaryl/α,β-unsaturated/α-hetero) is 1. The largest absolute Gasteiger partial charge is 0.507 e. The third-order valence-electron chi connectivity index (χ3n) is 2.45. The molecule has 1 amide bonds. The third-order valence-corrected chi connectivity index (χ3v) is 3.37. The van der Waals surface area contributed by atoms with E-state index in [1.807, 2.05) is 22.6 Å². The van der Waals surface area contributed by atoms with Gasteiger partial charge in [-0.25, -0.2) is 0 Å². The molecule has 0 atom stereocenters. The lowest BCUT2D eigenvalue weighted by atomic mass is 9.91. The van der Waals surface area contributed by atoms with E-state index in [9.17, 15) is 14.7 Å². The molecular weight excluding hydrogens is 345 g/mol. The van der Waals surface area contributed by atoms with E-state index in [2.05, 4.69) is 5.32 Å². The molecule has 0 aromatic heterocycles. The molecule has 0 aliphatic carbocycles. The highest BCUT2D eigenvalue weighted by molar-refractivity contribution is 14.1. The van der Waals surface area contributed by atoms with E-state index in [-0.39, 0.29) is 24.0 Å². The number of hydrogen-bond acceptors (Lipinski definition) is 3. The number of phenolic OH excluding ortho intramolecular Hbond substituents is 1. The number of phenols is 1. The molecule has 0 saturated heterocycles. The molecule has 0 aliphatic rings. The lowest BCUT2D eigenvalue weighted by Crippen LogP contribution is -2.35. The predicted molar refractivity (Wildman–Crippen MR) is 77.6 cm³/mol. The Kier molecular flexibility index (Phi) is 4.72. The number of carbonyl (C=O) groups excluding carboxylic acids is 2. The molecule has 0 spiro atoms. The summed E-state index contributed by atoms with van der Waals surface area (Å²) in [6.07, 6.45) is 0. The maximum Gasteiger partial charge on any atom is 0.251 e. The van der Waals surface area contributed by atoms with Crippen molar-refractivity contribution in [3.05, 3.63) is 27.3 Å². The molecule has 0 bridgehead atoms. The van der Waals surface area contributed by atoms with Gasteiger partial charge in [0.05, 0.1) is 10.1 Å². The van der Waals surface area contributed by atoms with E-state index in [4.69, 9.17) is 0 Å². The highest BCUT2D eigenvalue weighted by Crippen LogP contribution is 2.20. The minimum Gasteiger partial charge on any atom is -0.507 e. The lowest BCUT2D eigenvalue weighted by Gasteiger charge is -2.16. The maximum atomic E-state index is 11.8. The van der Waals surface area contributed by atoms with Crippen LogP contribution in [0.15, 0.2) is 18.2 Å². The summed E-state index contributed by atoms with van der Waals surface area (Å²) in [5.41, 5.74) is -0.129. The maximum absolute atomic E-state index is 11.8. The topological polar surface area (TPSA) is 66.4 Å². The molecule has 2 N–H and O–H groups in total. The summed E-state index contributed by atoms with van der Waals surface area (Å²) < 4.78 is 0.676. The molecule has 98 valence electrons. The van der Waals surface area contributed by atoms with Gasteiger partial charge >= 0.3 is 0 Å². The number of nitrogens with one attached hydrogen (secondary N) is 1. The molecule has 0 fully saturated rings. The summed E-state index contributed by atoms with van der Waals surface area (Å²) in [5, 5.41) is 12.1. The molecule has 5 heteroatoms. The SMILES string of the molecule is CC(C)(C)C(=O)CNC(=O)c1ccc(I)c(O)c1. The normalized spacial score (nSPS) is 11.1. The van der Waals surface area contributed by atoms with E-state index < -0.39 is 5.41 Å². The minimum atomic E-state index is -0.471. The van der Waals surface area contributed by atoms with Crippen LogP contribution in [0.1, 0.15) is 31.1 Å². The molecule has 4 nitrogen and oxygen atoms in total. The Morgan fingerprint density at radius 2 is 1.94 bits per heavy atom. The van der Waals surface area contributed by atoms with Crippen molar-refractivity contribution in [3.8, 4) is 5.75 Å². The Morgan fingerprint density at radius 3 is 2.44 bits per heavy atom. The first kappa shape index (κ1) is 14.9. The predicted octanol–water partition coefficient (Wildman–Crippen LogP) is 2.34. The smallest absolute Gasteiger partial charge is 0.251 e. The number of rotatable bonds is 3. The van der Waals surface area contributed by atoms with E-state index in [1.54, 1.807) is 32.9 Å². The first-order chi connectivity index (χ1) is 8.21. The fourth-order valence-corrected chi connectivity index (χ4v) is 1.52. The number of carbonyl (C=O) groups is 2. The van der Waals surface area contributed by atoms with Crippen molar-refractivity contribution in [1.29, 1.82) is 0 Å². The van der Waals surface area contributed by atoms with Gasteiger partial charge in [-0.2, -0.15) is 0 Å². The fraction of sp³-hybridized carbons (Fsp3) is 0.385. The lowest BCUT2D eigenvalue weighted by molar-refractivity contribution is -0.125. The first-order valence-corrected chi connectivity index (χ1v) is 6.59. The molecule has 1 aromatic rings. The van der Waals surface area contributed by atoms with Crippen LogP contribution in [0.5, 0.6) is 5.75 Å². The number of aromatic hydroxyl groups is 1. The average Bonchev–Trinajstić information content (AvgIpc) is 2.27. The van der Waals surface area contributed by atoms with Gasteiger partial charge in [0, 0.05) is 11.0 Å². The number of hydrogen-bond donors (Lipinski definition) is 2. The second-order valence-corrected chi connectivity index (χ2v) is 6.18. The second kappa shape index (κ2) is 5.69. The Morgan fingerprint density at radius 1 is 1.33 bits per heavy atom. The van der Waals surface area contributed by atoms with Gasteiger partial charge in [0.15, 0.2) is 5.78 Å². The Labute approximate surface area is 120 Å². The van der Waals surface area contributed by atoms with Gasteiger partial charge in [-0.05, 0) is 40.8 Å². The van der Waals surface area contributed by atoms with Gasteiger partial charge in [-0.1, -0.05) is 20.8 Å². The van der Waals surface area contributed by atoms with Gasteiger partial charge < -0.3 is 10.4 Å². The van der Waals surface area contributed by atoms with Crippen LogP contribution < -0.4 is 5.32 Å². The van der Waals surface area contributed by atoms with Crippen LogP contribution in [-0.2, 0) is 4.79 Å². The molecular formula is C13H16INO3. The summed E-state index contributed by atoms with van der Waals surface area (Å²) in [5.74, 6) is -0.338. The number of halogens is 1. The quantitative estimate of drug-likeness (QED) is 0.813. The van der Waals surface area contributed by atoms with E-state index in [0.29, 0.717) is 9.13 Å². The molecule has 1 rings (SSSR count). The monoisotopic (exact) mass is 361 g/mol. The Balaban J connectivity index is 2.66. The highest BCUT2D eigenvalue weighted by Gasteiger charge is 2.21. The van der Waals surface area contributed by atoms with E-state index >= 15 is 0 Å². The molecule has 1 aromatic carbocycles. The molecule has 0 radical (unpaired) electrons. The van der Waals surface area contributed by atoms with Crippen molar-refractivity contribution in [1.82, 2.24) is 5.32 Å². The summed E-state index contributed by atoms with van der Waals surface area (Å²) in [7, 11) is 0. The third kappa shape index (κ3) is 3.97. The van der Waals surface area contributed by atoms with Crippen LogP contribution in [-0.4, -0.2) is 23.3 Å². The van der Waals surface area contributed by atoms with Crippen molar-refractivity contribution in [2.75, 3.05) is 6.54 Å². The minimum absolute atomic E-state index is 0.00488. The van der Waals surface area contributed by atoms with Gasteiger partial charge in [0.2, 0.25) is 0 Å². The van der Waals surface area contributed by atoms with Crippen molar-refractivity contribution >= 4 is 34.3 Å². The molecule has 18 heavy (non-hydrogen) atoms. The van der Waals surface area contributed by atoms with E-state index in [1.165, 1.54) is 6.07 Å². The van der Waals surface area contributed by atoms with Gasteiger partial charge in [-0.3, -0.25) is 9.59 Å². The summed E-state index contributed by atoms with van der Waals surface area (Å²) >= 11 is 1.97. The van der Waals surface area contributed by atoms with Crippen LogP contribution in [0.3, 0.4) is 0 Å². The van der Waals surface area contributed by atoms with Crippen molar-refractivity contribution in [2.45, 2.75) is 20.8 Å². The van der Waals surface area contributed by atoms with Crippen LogP contribution >= 0.6 is 22.6 Å². The molecule has 0 saturated carbocycles. The molecule has 0 unspecified atom stereocenters. The first-order valence-electron chi connectivity index (χ1n) is 5.52. The van der Waals surface area contributed by atoms with Crippen molar-refractivity contribution in [3.63, 3.8) is 0 Å². The molecule has 0 heterocycles. The van der Waals surface area contributed by atoms with E-state index in [0.717, 1.165) is 0 Å². The van der Waals surface area contributed by atoms with Crippen LogP contribution in [0, 0.1) is 8.99 Å². The van der Waals surface area contributed by atoms with Crippen molar-refractivity contribution in [2.24, 2.45) is 5.41 Å². The fourth-order valence-electron chi connectivity index (χ4n) is 1.18.